The van der Waals surface area contributed by atoms with Crippen LogP contribution in [0.1, 0.15) is 61.7 Å². The van der Waals surface area contributed by atoms with Gasteiger partial charge in [-0.05, 0) is 76.6 Å². The number of piperidine rings is 1. The van der Waals surface area contributed by atoms with Gasteiger partial charge in [0.05, 0.1) is 9.21 Å². The summed E-state index contributed by atoms with van der Waals surface area (Å²) in [5.41, 5.74) is 0.756. The Hall–Kier alpha value is -2.09. The summed E-state index contributed by atoms with van der Waals surface area (Å²) in [5.74, 6) is 0.376. The number of nitrogens with zero attached hydrogens (tertiary/aromatic N) is 1. The number of halogens is 1. The van der Waals surface area contributed by atoms with Crippen LogP contribution in [0.5, 0.6) is 0 Å². The van der Waals surface area contributed by atoms with E-state index < -0.39 is 5.60 Å². The van der Waals surface area contributed by atoms with Crippen LogP contribution < -0.4 is 10.6 Å². The summed E-state index contributed by atoms with van der Waals surface area (Å²) in [6.07, 6.45) is 3.31. The third-order valence-electron chi connectivity index (χ3n) is 5.86. The molecule has 3 rings (SSSR count). The van der Waals surface area contributed by atoms with E-state index in [0.29, 0.717) is 28.2 Å². The van der Waals surface area contributed by atoms with Gasteiger partial charge in [0.25, 0.3) is 5.91 Å². The number of carbonyl (C=O) groups excluding carboxylic acids is 2. The van der Waals surface area contributed by atoms with Gasteiger partial charge in [-0.3, -0.25) is 4.79 Å². The molecule has 1 unspecified atom stereocenters. The predicted molar refractivity (Wildman–Crippen MR) is 138 cm³/mol. The maximum absolute atomic E-state index is 12.8. The zero-order chi connectivity index (χ0) is 24.6. The first-order chi connectivity index (χ1) is 16.2. The minimum absolute atomic E-state index is 0.0507. The fourth-order valence-electron chi connectivity index (χ4n) is 4.13. The van der Waals surface area contributed by atoms with Crippen LogP contribution in [0.25, 0.3) is 0 Å². The van der Waals surface area contributed by atoms with E-state index in [2.05, 4.69) is 22.8 Å². The number of thiophene rings is 1. The molecule has 34 heavy (non-hydrogen) atoms. The topological polar surface area (TPSA) is 70.7 Å². The highest BCUT2D eigenvalue weighted by Crippen LogP contribution is 2.25. The molecule has 1 aromatic heterocycles. The molecule has 0 radical (unpaired) electrons. The minimum atomic E-state index is -0.485. The molecule has 8 heteroatoms. The van der Waals surface area contributed by atoms with E-state index >= 15 is 0 Å². The standard InChI is InChI=1S/C26H36ClN3O3S/c1-26(2,3)33-25(32)30-15-12-19(13-16-30)17-21(29-24(31)22-9-10-23(27)34-22)11-14-28-18-20-7-5-4-6-8-20/h4-10,19,21,28H,11-18H2,1-3H3,(H,29,31). The monoisotopic (exact) mass is 505 g/mol. The average molecular weight is 506 g/mol. The first-order valence-electron chi connectivity index (χ1n) is 12.0. The lowest BCUT2D eigenvalue weighted by molar-refractivity contribution is 0.0178. The van der Waals surface area contributed by atoms with Crippen molar-refractivity contribution in [3.63, 3.8) is 0 Å². The van der Waals surface area contributed by atoms with Crippen LogP contribution in [0.3, 0.4) is 0 Å². The number of hydrogen-bond donors (Lipinski definition) is 2. The van der Waals surface area contributed by atoms with Crippen LogP contribution in [0.15, 0.2) is 42.5 Å². The molecule has 2 heterocycles. The molecular formula is C26H36ClN3O3S. The molecule has 0 spiro atoms. The molecule has 1 aliphatic rings. The van der Waals surface area contributed by atoms with Gasteiger partial charge in [0, 0.05) is 25.7 Å². The third kappa shape index (κ3) is 8.93. The Bertz CT molecular complexity index is 921. The Morgan fingerprint density at radius 2 is 1.85 bits per heavy atom. The smallest absolute Gasteiger partial charge is 0.410 e. The van der Waals surface area contributed by atoms with Crippen LogP contribution in [-0.2, 0) is 11.3 Å². The van der Waals surface area contributed by atoms with Crippen molar-refractivity contribution in [1.29, 1.82) is 0 Å². The first-order valence-corrected chi connectivity index (χ1v) is 13.2. The molecule has 1 aromatic carbocycles. The Morgan fingerprint density at radius 1 is 1.15 bits per heavy atom. The number of amides is 2. The summed E-state index contributed by atoms with van der Waals surface area (Å²) in [7, 11) is 0. The summed E-state index contributed by atoms with van der Waals surface area (Å²) >= 11 is 7.32. The Labute approximate surface area is 212 Å². The lowest BCUT2D eigenvalue weighted by Crippen LogP contribution is -2.43. The van der Waals surface area contributed by atoms with Crippen molar-refractivity contribution < 1.29 is 14.3 Å². The van der Waals surface area contributed by atoms with Crippen LogP contribution in [-0.4, -0.2) is 48.2 Å². The van der Waals surface area contributed by atoms with E-state index in [1.54, 1.807) is 17.0 Å². The lowest BCUT2D eigenvalue weighted by atomic mass is 9.89. The van der Waals surface area contributed by atoms with E-state index in [1.165, 1.54) is 16.9 Å². The van der Waals surface area contributed by atoms with Crippen LogP contribution in [0, 0.1) is 5.92 Å². The van der Waals surface area contributed by atoms with Crippen LogP contribution in [0.2, 0.25) is 4.34 Å². The van der Waals surface area contributed by atoms with E-state index in [-0.39, 0.29) is 18.0 Å². The first kappa shape index (κ1) is 26.5. The van der Waals surface area contributed by atoms with Crippen molar-refractivity contribution in [1.82, 2.24) is 15.5 Å². The van der Waals surface area contributed by atoms with E-state index in [0.717, 1.165) is 38.8 Å². The summed E-state index contributed by atoms with van der Waals surface area (Å²) in [6, 6.07) is 13.9. The van der Waals surface area contributed by atoms with Crippen molar-refractivity contribution in [2.24, 2.45) is 5.92 Å². The Balaban J connectivity index is 1.51. The number of benzene rings is 1. The average Bonchev–Trinajstić information content (AvgIpc) is 3.23. The second-order valence-corrected chi connectivity index (χ2v) is 11.6. The maximum atomic E-state index is 12.8. The van der Waals surface area contributed by atoms with Crippen LogP contribution in [0.4, 0.5) is 4.79 Å². The van der Waals surface area contributed by atoms with Crippen LogP contribution >= 0.6 is 22.9 Å². The van der Waals surface area contributed by atoms with Crippen molar-refractivity contribution in [2.45, 2.75) is 64.6 Å². The Kier molecular flexibility index (Phi) is 9.80. The van der Waals surface area contributed by atoms with Gasteiger partial charge in [-0.1, -0.05) is 41.9 Å². The van der Waals surface area contributed by atoms with Gasteiger partial charge in [-0.15, -0.1) is 11.3 Å². The number of ether oxygens (including phenoxy) is 1. The lowest BCUT2D eigenvalue weighted by Gasteiger charge is -2.34. The zero-order valence-electron chi connectivity index (χ0n) is 20.3. The normalized spacial score (nSPS) is 15.7. The summed E-state index contributed by atoms with van der Waals surface area (Å²) in [4.78, 5) is 27.6. The van der Waals surface area contributed by atoms with Gasteiger partial charge in [0.2, 0.25) is 0 Å². The molecule has 1 aliphatic heterocycles. The summed E-state index contributed by atoms with van der Waals surface area (Å²) in [6.45, 7) is 8.64. The third-order valence-corrected chi connectivity index (χ3v) is 7.09. The van der Waals surface area contributed by atoms with Crippen molar-refractivity contribution >= 4 is 34.9 Å². The molecule has 0 saturated carbocycles. The maximum Gasteiger partial charge on any atom is 0.410 e. The molecule has 0 aliphatic carbocycles. The molecule has 2 amide bonds. The van der Waals surface area contributed by atoms with Crippen molar-refractivity contribution in [3.8, 4) is 0 Å². The van der Waals surface area contributed by atoms with Crippen molar-refractivity contribution in [3.05, 3.63) is 57.2 Å². The van der Waals surface area contributed by atoms with Gasteiger partial charge in [0.15, 0.2) is 0 Å². The van der Waals surface area contributed by atoms with Gasteiger partial charge >= 0.3 is 6.09 Å². The fourth-order valence-corrected chi connectivity index (χ4v) is 5.07. The molecule has 2 aromatic rings. The highest BCUT2D eigenvalue weighted by Gasteiger charge is 2.28. The second-order valence-electron chi connectivity index (χ2n) is 9.87. The largest absolute Gasteiger partial charge is 0.444 e. The zero-order valence-corrected chi connectivity index (χ0v) is 21.9. The quantitative estimate of drug-likeness (QED) is 0.428. The van der Waals surface area contributed by atoms with Gasteiger partial charge in [0.1, 0.15) is 5.60 Å². The number of nitrogens with one attached hydrogen (secondary N) is 2. The number of carbonyl (C=O) groups is 2. The number of rotatable bonds is 9. The summed E-state index contributed by atoms with van der Waals surface area (Å²) < 4.78 is 6.12. The Morgan fingerprint density at radius 3 is 2.47 bits per heavy atom. The van der Waals surface area contributed by atoms with Gasteiger partial charge in [-0.25, -0.2) is 4.79 Å². The second kappa shape index (κ2) is 12.6. The fraction of sp³-hybridized carbons (Fsp3) is 0.538. The predicted octanol–water partition coefficient (Wildman–Crippen LogP) is 5.72. The number of hydrogen-bond acceptors (Lipinski definition) is 5. The van der Waals surface area contributed by atoms with E-state index in [1.807, 2.05) is 39.0 Å². The van der Waals surface area contributed by atoms with Gasteiger partial charge < -0.3 is 20.3 Å². The highest BCUT2D eigenvalue weighted by molar-refractivity contribution is 7.18. The van der Waals surface area contributed by atoms with E-state index in [4.69, 9.17) is 16.3 Å². The van der Waals surface area contributed by atoms with Crippen molar-refractivity contribution in [2.75, 3.05) is 19.6 Å². The highest BCUT2D eigenvalue weighted by atomic mass is 35.5. The molecular weight excluding hydrogens is 470 g/mol. The van der Waals surface area contributed by atoms with Gasteiger partial charge in [-0.2, -0.15) is 0 Å². The summed E-state index contributed by atoms with van der Waals surface area (Å²) in [5, 5.41) is 6.72. The molecule has 1 atom stereocenters. The molecule has 186 valence electrons. The molecule has 0 bridgehead atoms. The molecule has 1 fully saturated rings. The SMILES string of the molecule is CC(C)(C)OC(=O)N1CCC(CC(CCNCc2ccccc2)NC(=O)c2ccc(Cl)s2)CC1. The molecule has 1 saturated heterocycles. The number of likely N-dealkylation sites (tertiary alicyclic amines) is 1. The van der Waals surface area contributed by atoms with E-state index in [9.17, 15) is 9.59 Å². The molecule has 6 nitrogen and oxygen atoms in total. The minimum Gasteiger partial charge on any atom is -0.444 e. The molecule has 2 N–H and O–H groups in total.